The van der Waals surface area contributed by atoms with Gasteiger partial charge in [0.15, 0.2) is 0 Å². The molecule has 0 atom stereocenters. The van der Waals surface area contributed by atoms with Crippen LogP contribution in [0.25, 0.3) is 0 Å². The molecule has 12 heavy (non-hydrogen) atoms. The van der Waals surface area contributed by atoms with Crippen LogP contribution < -0.4 is 5.14 Å². The zero-order valence-corrected chi connectivity index (χ0v) is 8.23. The average molecular weight is 206 g/mol. The third-order valence-corrected chi connectivity index (χ3v) is 3.15. The highest BCUT2D eigenvalue weighted by Crippen LogP contribution is 2.08. The number of rotatable bonds is 3. The van der Waals surface area contributed by atoms with Gasteiger partial charge in [-0.2, -0.15) is 24.1 Å². The van der Waals surface area contributed by atoms with Crippen LogP contribution >= 0.6 is 11.3 Å². The second-order valence-electron chi connectivity index (χ2n) is 2.43. The van der Waals surface area contributed by atoms with Gasteiger partial charge in [0.05, 0.1) is 0 Å². The Balaban J connectivity index is 2.66. The Kier molecular flexibility index (Phi) is 2.84. The highest BCUT2D eigenvalue weighted by Gasteiger charge is 2.11. The molecule has 2 N–H and O–H groups in total. The monoisotopic (exact) mass is 206 g/mol. The van der Waals surface area contributed by atoms with Crippen molar-refractivity contribution in [2.45, 2.75) is 6.54 Å². The van der Waals surface area contributed by atoms with Crippen molar-refractivity contribution < 1.29 is 8.42 Å². The van der Waals surface area contributed by atoms with Crippen molar-refractivity contribution in [3.8, 4) is 0 Å². The second-order valence-corrected chi connectivity index (χ2v) is 4.87. The smallest absolute Gasteiger partial charge is 0.216 e. The first kappa shape index (κ1) is 9.66. The lowest BCUT2D eigenvalue weighted by molar-refractivity contribution is 0.468. The number of thiophene rings is 1. The summed E-state index contributed by atoms with van der Waals surface area (Å²) in [6, 6.07) is 1.87. The number of hydrogen-bond acceptors (Lipinski definition) is 3. The molecule has 0 amide bonds. The molecule has 0 unspecified atom stereocenters. The predicted molar refractivity (Wildman–Crippen MR) is 48.9 cm³/mol. The van der Waals surface area contributed by atoms with E-state index < -0.39 is 10.2 Å². The van der Waals surface area contributed by atoms with Gasteiger partial charge in [-0.1, -0.05) is 0 Å². The van der Waals surface area contributed by atoms with Crippen molar-refractivity contribution in [1.82, 2.24) is 4.31 Å². The summed E-state index contributed by atoms with van der Waals surface area (Å²) < 4.78 is 22.6. The Bertz CT molecular complexity index is 330. The molecule has 4 nitrogen and oxygen atoms in total. The molecule has 6 heteroatoms. The Labute approximate surface area is 75.8 Å². The Morgan fingerprint density at radius 3 is 2.75 bits per heavy atom. The molecule has 0 aliphatic rings. The first-order valence-corrected chi connectivity index (χ1v) is 5.70. The first-order valence-electron chi connectivity index (χ1n) is 3.25. The largest absolute Gasteiger partial charge is 0.276 e. The van der Waals surface area contributed by atoms with E-state index in [1.54, 1.807) is 0 Å². The molecular weight excluding hydrogens is 196 g/mol. The van der Waals surface area contributed by atoms with Crippen molar-refractivity contribution in [2.75, 3.05) is 7.05 Å². The fourth-order valence-electron chi connectivity index (χ4n) is 0.730. The highest BCUT2D eigenvalue weighted by atomic mass is 32.2. The number of nitrogens with two attached hydrogens (primary N) is 1. The molecule has 0 aliphatic carbocycles. The van der Waals surface area contributed by atoms with Crippen LogP contribution in [0.1, 0.15) is 5.56 Å². The Hall–Kier alpha value is -0.430. The zero-order valence-electron chi connectivity index (χ0n) is 6.60. The van der Waals surface area contributed by atoms with E-state index in [1.165, 1.54) is 18.4 Å². The van der Waals surface area contributed by atoms with Gasteiger partial charge in [-0.25, -0.2) is 5.14 Å². The van der Waals surface area contributed by atoms with E-state index in [0.717, 1.165) is 9.87 Å². The van der Waals surface area contributed by atoms with Gasteiger partial charge < -0.3 is 0 Å². The van der Waals surface area contributed by atoms with E-state index in [4.69, 9.17) is 5.14 Å². The van der Waals surface area contributed by atoms with Gasteiger partial charge in [0.25, 0.3) is 10.2 Å². The molecule has 1 aromatic heterocycles. The van der Waals surface area contributed by atoms with Gasteiger partial charge in [0, 0.05) is 13.6 Å². The van der Waals surface area contributed by atoms with Crippen molar-refractivity contribution >= 4 is 21.5 Å². The molecule has 0 radical (unpaired) electrons. The minimum atomic E-state index is -3.54. The van der Waals surface area contributed by atoms with Crippen LogP contribution in [0.15, 0.2) is 16.8 Å². The van der Waals surface area contributed by atoms with Crippen LogP contribution in [0.3, 0.4) is 0 Å². The summed E-state index contributed by atoms with van der Waals surface area (Å²) in [7, 11) is -2.09. The summed E-state index contributed by atoms with van der Waals surface area (Å²) in [5, 5.41) is 8.68. The van der Waals surface area contributed by atoms with Crippen LogP contribution in [-0.2, 0) is 16.8 Å². The Morgan fingerprint density at radius 1 is 1.67 bits per heavy atom. The van der Waals surface area contributed by atoms with Gasteiger partial charge in [-0.3, -0.25) is 0 Å². The lowest BCUT2D eigenvalue weighted by Crippen LogP contribution is -2.32. The zero-order chi connectivity index (χ0) is 9.19. The molecule has 1 rings (SSSR count). The van der Waals surface area contributed by atoms with Crippen molar-refractivity contribution in [2.24, 2.45) is 5.14 Å². The van der Waals surface area contributed by atoms with Crippen LogP contribution in [0.5, 0.6) is 0 Å². The maximum atomic E-state index is 10.8. The second kappa shape index (κ2) is 3.53. The first-order chi connectivity index (χ1) is 5.50. The lowest BCUT2D eigenvalue weighted by atomic mass is 10.3. The predicted octanol–water partition coefficient (Wildman–Crippen LogP) is 0.383. The average Bonchev–Trinajstić information content (AvgIpc) is 2.37. The standard InChI is InChI=1S/C6H10N2O2S2/c1-8(12(7,9)10)4-6-2-3-11-5-6/h2-3,5H,4H2,1H3,(H2,7,9,10). The van der Waals surface area contributed by atoms with Crippen LogP contribution in [-0.4, -0.2) is 19.8 Å². The lowest BCUT2D eigenvalue weighted by Gasteiger charge is -2.11. The van der Waals surface area contributed by atoms with Gasteiger partial charge in [0.2, 0.25) is 0 Å². The molecule has 0 bridgehead atoms. The Morgan fingerprint density at radius 2 is 2.33 bits per heavy atom. The fourth-order valence-corrected chi connectivity index (χ4v) is 1.72. The highest BCUT2D eigenvalue weighted by molar-refractivity contribution is 7.86. The summed E-state index contributed by atoms with van der Waals surface area (Å²) in [4.78, 5) is 0. The molecule has 0 fully saturated rings. The van der Waals surface area contributed by atoms with Gasteiger partial charge >= 0.3 is 0 Å². The summed E-state index contributed by atoms with van der Waals surface area (Å²) in [6.07, 6.45) is 0. The molecule has 0 spiro atoms. The SMILES string of the molecule is CN(Cc1ccsc1)S(N)(=O)=O. The fraction of sp³-hybridized carbons (Fsp3) is 0.333. The summed E-state index contributed by atoms with van der Waals surface area (Å²) in [5.41, 5.74) is 0.955. The van der Waals surface area contributed by atoms with E-state index in [2.05, 4.69) is 0 Å². The third-order valence-electron chi connectivity index (χ3n) is 1.42. The maximum absolute atomic E-state index is 10.8. The summed E-state index contributed by atoms with van der Waals surface area (Å²) in [6.45, 7) is 0.336. The topological polar surface area (TPSA) is 63.4 Å². The van der Waals surface area contributed by atoms with Crippen LogP contribution in [0, 0.1) is 0 Å². The number of hydrogen-bond donors (Lipinski definition) is 1. The van der Waals surface area contributed by atoms with E-state index in [9.17, 15) is 8.42 Å². The third kappa shape index (κ3) is 2.56. The molecule has 1 heterocycles. The van der Waals surface area contributed by atoms with Crippen LogP contribution in [0.2, 0.25) is 0 Å². The van der Waals surface area contributed by atoms with Crippen molar-refractivity contribution in [1.29, 1.82) is 0 Å². The van der Waals surface area contributed by atoms with E-state index in [1.807, 2.05) is 16.8 Å². The van der Waals surface area contributed by atoms with E-state index in [-0.39, 0.29) is 0 Å². The minimum absolute atomic E-state index is 0.336. The van der Waals surface area contributed by atoms with Crippen molar-refractivity contribution in [3.63, 3.8) is 0 Å². The molecular formula is C6H10N2O2S2. The van der Waals surface area contributed by atoms with E-state index in [0.29, 0.717) is 6.54 Å². The minimum Gasteiger partial charge on any atom is -0.216 e. The maximum Gasteiger partial charge on any atom is 0.276 e. The summed E-state index contributed by atoms with van der Waals surface area (Å²) in [5.74, 6) is 0. The van der Waals surface area contributed by atoms with Gasteiger partial charge in [0.1, 0.15) is 0 Å². The summed E-state index contributed by atoms with van der Waals surface area (Å²) >= 11 is 1.53. The molecule has 0 aromatic carbocycles. The molecule has 0 saturated heterocycles. The quantitative estimate of drug-likeness (QED) is 0.777. The van der Waals surface area contributed by atoms with Gasteiger partial charge in [-0.15, -0.1) is 0 Å². The normalized spacial score (nSPS) is 12.2. The molecule has 0 aliphatic heterocycles. The van der Waals surface area contributed by atoms with E-state index >= 15 is 0 Å². The van der Waals surface area contributed by atoms with Crippen molar-refractivity contribution in [3.05, 3.63) is 22.4 Å². The number of nitrogens with zero attached hydrogens (tertiary/aromatic N) is 1. The molecule has 1 aromatic rings. The molecule has 68 valence electrons. The molecule has 0 saturated carbocycles. The van der Waals surface area contributed by atoms with Gasteiger partial charge in [-0.05, 0) is 22.4 Å². The van der Waals surface area contributed by atoms with Crippen LogP contribution in [0.4, 0.5) is 0 Å².